The third kappa shape index (κ3) is 4.88. The number of anilines is 1. The highest BCUT2D eigenvalue weighted by Crippen LogP contribution is 2.32. The van der Waals surface area contributed by atoms with Gasteiger partial charge in [-0.1, -0.05) is 12.1 Å². The Morgan fingerprint density at radius 2 is 1.72 bits per heavy atom. The van der Waals surface area contributed by atoms with Gasteiger partial charge in [-0.05, 0) is 56.0 Å². The molecule has 1 saturated carbocycles. The van der Waals surface area contributed by atoms with Crippen molar-refractivity contribution < 1.29 is 23.8 Å². The number of nitrogens with one attached hydrogen (secondary N) is 1. The topological polar surface area (TPSA) is 73.9 Å². The van der Waals surface area contributed by atoms with Crippen molar-refractivity contribution in [3.63, 3.8) is 0 Å². The van der Waals surface area contributed by atoms with Crippen molar-refractivity contribution in [1.82, 2.24) is 0 Å². The SMILES string of the molecule is O=C(CCC(=O)c1ccc2c(c1)OCCO2)Nc1ccccc1OC1CCCC1. The smallest absolute Gasteiger partial charge is 0.224 e. The van der Waals surface area contributed by atoms with Crippen molar-refractivity contribution in [3.8, 4) is 17.2 Å². The molecule has 0 unspecified atom stereocenters. The van der Waals surface area contributed by atoms with Crippen LogP contribution in [0, 0.1) is 0 Å². The molecule has 4 rings (SSSR count). The summed E-state index contributed by atoms with van der Waals surface area (Å²) in [6.45, 7) is 0.974. The zero-order chi connectivity index (χ0) is 20.1. The molecule has 152 valence electrons. The molecule has 0 spiro atoms. The normalized spacial score (nSPS) is 15.7. The summed E-state index contributed by atoms with van der Waals surface area (Å²) in [6.07, 6.45) is 4.90. The molecule has 29 heavy (non-hydrogen) atoms. The standard InChI is InChI=1S/C23H25NO5/c25-19(16-9-11-21-22(15-16)28-14-13-27-21)10-12-23(26)24-18-7-3-4-8-20(18)29-17-5-1-2-6-17/h3-4,7-9,11,15,17H,1-2,5-6,10,12-14H2,(H,24,26). The maximum atomic E-state index is 12.5. The highest BCUT2D eigenvalue weighted by molar-refractivity contribution is 6.00. The predicted octanol–water partition coefficient (Wildman–Crippen LogP) is 4.38. The number of rotatable bonds is 7. The molecular weight excluding hydrogens is 370 g/mol. The lowest BCUT2D eigenvalue weighted by Gasteiger charge is -2.18. The largest absolute Gasteiger partial charge is 0.488 e. The van der Waals surface area contributed by atoms with Crippen LogP contribution < -0.4 is 19.5 Å². The molecule has 1 amide bonds. The second-order valence-corrected chi connectivity index (χ2v) is 7.35. The Labute approximate surface area is 170 Å². The fraction of sp³-hybridized carbons (Fsp3) is 0.391. The van der Waals surface area contributed by atoms with Crippen LogP contribution in [-0.4, -0.2) is 31.0 Å². The number of amides is 1. The minimum Gasteiger partial charge on any atom is -0.488 e. The van der Waals surface area contributed by atoms with Gasteiger partial charge >= 0.3 is 0 Å². The van der Waals surface area contributed by atoms with E-state index in [0.717, 1.165) is 12.8 Å². The van der Waals surface area contributed by atoms with E-state index in [9.17, 15) is 9.59 Å². The minimum atomic E-state index is -0.210. The molecule has 2 aliphatic rings. The summed E-state index contributed by atoms with van der Waals surface area (Å²) in [6, 6.07) is 12.6. The van der Waals surface area contributed by atoms with Crippen LogP contribution in [0.5, 0.6) is 17.2 Å². The molecule has 1 fully saturated rings. The third-order valence-corrected chi connectivity index (χ3v) is 5.20. The van der Waals surface area contributed by atoms with E-state index >= 15 is 0 Å². The van der Waals surface area contributed by atoms with Crippen LogP contribution in [-0.2, 0) is 4.79 Å². The molecule has 0 atom stereocenters. The molecule has 6 nitrogen and oxygen atoms in total. The Bertz CT molecular complexity index is 889. The van der Waals surface area contributed by atoms with Gasteiger partial charge in [0, 0.05) is 18.4 Å². The molecular formula is C23H25NO5. The van der Waals surface area contributed by atoms with E-state index in [1.54, 1.807) is 18.2 Å². The van der Waals surface area contributed by atoms with Gasteiger partial charge in [0.25, 0.3) is 0 Å². The first-order valence-electron chi connectivity index (χ1n) is 10.2. The lowest BCUT2D eigenvalue weighted by molar-refractivity contribution is -0.116. The summed E-state index contributed by atoms with van der Waals surface area (Å²) in [7, 11) is 0. The van der Waals surface area contributed by atoms with E-state index in [-0.39, 0.29) is 30.6 Å². The first-order valence-corrected chi connectivity index (χ1v) is 10.2. The van der Waals surface area contributed by atoms with Crippen molar-refractivity contribution in [1.29, 1.82) is 0 Å². The van der Waals surface area contributed by atoms with Crippen LogP contribution in [0.1, 0.15) is 48.9 Å². The van der Waals surface area contributed by atoms with Gasteiger partial charge in [0.05, 0.1) is 11.8 Å². The highest BCUT2D eigenvalue weighted by atomic mass is 16.6. The number of carbonyl (C=O) groups is 2. The minimum absolute atomic E-state index is 0.102. The number of hydrogen-bond donors (Lipinski definition) is 1. The Morgan fingerprint density at radius 1 is 0.966 bits per heavy atom. The number of Topliss-reactive ketones (excluding diaryl/α,β-unsaturated/α-hetero) is 1. The van der Waals surface area contributed by atoms with Crippen molar-refractivity contribution in [3.05, 3.63) is 48.0 Å². The van der Waals surface area contributed by atoms with E-state index in [0.29, 0.717) is 41.7 Å². The molecule has 0 aromatic heterocycles. The van der Waals surface area contributed by atoms with E-state index in [1.165, 1.54) is 12.8 Å². The van der Waals surface area contributed by atoms with Gasteiger partial charge in [0.2, 0.25) is 5.91 Å². The molecule has 2 aromatic carbocycles. The summed E-state index contributed by atoms with van der Waals surface area (Å²) in [5.74, 6) is 1.59. The number of ketones is 1. The summed E-state index contributed by atoms with van der Waals surface area (Å²) in [4.78, 5) is 24.9. The number of para-hydroxylation sites is 2. The van der Waals surface area contributed by atoms with Crippen LogP contribution in [0.3, 0.4) is 0 Å². The molecule has 0 bridgehead atoms. The van der Waals surface area contributed by atoms with Crippen molar-refractivity contribution in [2.45, 2.75) is 44.6 Å². The van der Waals surface area contributed by atoms with E-state index in [2.05, 4.69) is 5.32 Å². The monoisotopic (exact) mass is 395 g/mol. The Kier molecular flexibility index (Phi) is 5.98. The van der Waals surface area contributed by atoms with Crippen molar-refractivity contribution in [2.24, 2.45) is 0 Å². The fourth-order valence-corrected chi connectivity index (χ4v) is 3.66. The average molecular weight is 395 g/mol. The second kappa shape index (κ2) is 8.99. The first kappa shape index (κ1) is 19.3. The number of carbonyl (C=O) groups excluding carboxylic acids is 2. The molecule has 1 heterocycles. The highest BCUT2D eigenvalue weighted by Gasteiger charge is 2.19. The molecule has 0 radical (unpaired) electrons. The zero-order valence-electron chi connectivity index (χ0n) is 16.3. The third-order valence-electron chi connectivity index (χ3n) is 5.20. The quantitative estimate of drug-likeness (QED) is 0.704. The van der Waals surface area contributed by atoms with Gasteiger partial charge in [0.1, 0.15) is 19.0 Å². The van der Waals surface area contributed by atoms with Gasteiger partial charge in [-0.15, -0.1) is 0 Å². The van der Waals surface area contributed by atoms with Crippen LogP contribution in [0.15, 0.2) is 42.5 Å². The molecule has 1 aliphatic heterocycles. The van der Waals surface area contributed by atoms with E-state index < -0.39 is 0 Å². The molecule has 2 aromatic rings. The second-order valence-electron chi connectivity index (χ2n) is 7.35. The fourth-order valence-electron chi connectivity index (χ4n) is 3.66. The Hall–Kier alpha value is -3.02. The number of hydrogen-bond acceptors (Lipinski definition) is 5. The maximum Gasteiger partial charge on any atom is 0.224 e. The average Bonchev–Trinajstić information content (AvgIpc) is 3.26. The van der Waals surface area contributed by atoms with Gasteiger partial charge in [0.15, 0.2) is 17.3 Å². The van der Waals surface area contributed by atoms with E-state index in [4.69, 9.17) is 14.2 Å². The first-order chi connectivity index (χ1) is 14.2. The Morgan fingerprint density at radius 3 is 2.55 bits per heavy atom. The predicted molar refractivity (Wildman–Crippen MR) is 109 cm³/mol. The summed E-state index contributed by atoms with van der Waals surface area (Å²) in [5.41, 5.74) is 1.17. The van der Waals surface area contributed by atoms with E-state index in [1.807, 2.05) is 24.3 Å². The van der Waals surface area contributed by atoms with Crippen molar-refractivity contribution in [2.75, 3.05) is 18.5 Å². The van der Waals surface area contributed by atoms with Crippen LogP contribution in [0.4, 0.5) is 5.69 Å². The zero-order valence-corrected chi connectivity index (χ0v) is 16.3. The number of fused-ring (bicyclic) bond motifs is 1. The lowest BCUT2D eigenvalue weighted by atomic mass is 10.1. The molecule has 0 saturated heterocycles. The van der Waals surface area contributed by atoms with Gasteiger partial charge in [-0.25, -0.2) is 0 Å². The number of benzene rings is 2. The molecule has 1 aliphatic carbocycles. The summed E-state index contributed by atoms with van der Waals surface area (Å²) >= 11 is 0. The molecule has 6 heteroatoms. The van der Waals surface area contributed by atoms with Crippen LogP contribution in [0.25, 0.3) is 0 Å². The Balaban J connectivity index is 1.33. The van der Waals surface area contributed by atoms with Crippen LogP contribution >= 0.6 is 0 Å². The summed E-state index contributed by atoms with van der Waals surface area (Å²) < 4.78 is 17.0. The van der Waals surface area contributed by atoms with Gasteiger partial charge in [-0.2, -0.15) is 0 Å². The number of ether oxygens (including phenoxy) is 3. The lowest BCUT2D eigenvalue weighted by Crippen LogP contribution is -2.17. The van der Waals surface area contributed by atoms with Crippen molar-refractivity contribution >= 4 is 17.4 Å². The molecule has 1 N–H and O–H groups in total. The van der Waals surface area contributed by atoms with Gasteiger partial charge in [-0.3, -0.25) is 9.59 Å². The van der Waals surface area contributed by atoms with Gasteiger partial charge < -0.3 is 19.5 Å². The summed E-state index contributed by atoms with van der Waals surface area (Å²) in [5, 5.41) is 2.88. The maximum absolute atomic E-state index is 12.5. The van der Waals surface area contributed by atoms with Crippen LogP contribution in [0.2, 0.25) is 0 Å².